The molecule has 0 aromatic rings. The lowest BCUT2D eigenvalue weighted by Crippen LogP contribution is -2.49. The van der Waals surface area contributed by atoms with Crippen molar-refractivity contribution in [1.82, 2.24) is 0 Å². The van der Waals surface area contributed by atoms with Crippen molar-refractivity contribution in [2.24, 2.45) is 5.73 Å². The second-order valence-electron chi connectivity index (χ2n) is 2.00. The molecule has 1 amide bonds. The van der Waals surface area contributed by atoms with E-state index < -0.39 is 24.3 Å². The van der Waals surface area contributed by atoms with Crippen molar-refractivity contribution in [3.8, 4) is 0 Å². The van der Waals surface area contributed by atoms with Gasteiger partial charge >= 0.3 is 24.3 Å². The molecule has 84 valence electrons. The number of ether oxygens (including phenoxy) is 1. The highest BCUT2D eigenvalue weighted by molar-refractivity contribution is 5.79. The van der Waals surface area contributed by atoms with E-state index in [2.05, 4.69) is 5.73 Å². The zero-order valence-corrected chi connectivity index (χ0v) is 6.04. The molecule has 2 N–H and O–H groups in total. The third kappa shape index (κ3) is 2.72. The van der Waals surface area contributed by atoms with Gasteiger partial charge in [-0.3, -0.25) is 4.79 Å². The van der Waals surface area contributed by atoms with Gasteiger partial charge in [0.15, 0.2) is 0 Å². The van der Waals surface area contributed by atoms with Gasteiger partial charge in [-0.15, -0.1) is 0 Å². The molecule has 0 atom stereocenters. The Labute approximate surface area is 71.6 Å². The average Bonchev–Trinajstić information content (AvgIpc) is 1.80. The van der Waals surface area contributed by atoms with Crippen molar-refractivity contribution in [1.29, 1.82) is 0 Å². The molecule has 0 aromatic heterocycles. The van der Waals surface area contributed by atoms with Gasteiger partial charge in [0.05, 0.1) is 0 Å². The summed E-state index contributed by atoms with van der Waals surface area (Å²) >= 11 is 0. The molecule has 0 radical (unpaired) electrons. The molecular weight excluding hydrogens is 227 g/mol. The summed E-state index contributed by atoms with van der Waals surface area (Å²) in [7, 11) is 0. The fraction of sp³-hybridized carbons (Fsp3) is 0.750. The number of primary amides is 1. The van der Waals surface area contributed by atoms with Crippen molar-refractivity contribution in [3.63, 3.8) is 0 Å². The van der Waals surface area contributed by atoms with Gasteiger partial charge in [0.2, 0.25) is 0 Å². The number of amides is 1. The van der Waals surface area contributed by atoms with Gasteiger partial charge in [-0.2, -0.15) is 30.7 Å². The van der Waals surface area contributed by atoms with E-state index >= 15 is 0 Å². The van der Waals surface area contributed by atoms with Gasteiger partial charge in [-0.25, -0.2) is 4.74 Å². The Morgan fingerprint density at radius 1 is 1.00 bits per heavy atom. The number of carbonyl (C=O) groups excluding carboxylic acids is 1. The molecular formula is C4H2F7NO2. The van der Waals surface area contributed by atoms with Crippen LogP contribution in [0.15, 0.2) is 0 Å². The summed E-state index contributed by atoms with van der Waals surface area (Å²) in [6.45, 7) is 0. The van der Waals surface area contributed by atoms with Crippen LogP contribution in [0.4, 0.5) is 30.7 Å². The average molecular weight is 229 g/mol. The van der Waals surface area contributed by atoms with E-state index in [1.54, 1.807) is 0 Å². The first kappa shape index (κ1) is 12.9. The zero-order chi connectivity index (χ0) is 11.8. The van der Waals surface area contributed by atoms with E-state index in [0.29, 0.717) is 0 Å². The van der Waals surface area contributed by atoms with Crippen LogP contribution in [0.2, 0.25) is 0 Å². The molecule has 0 aliphatic rings. The number of alkyl halides is 7. The highest BCUT2D eigenvalue weighted by atomic mass is 19.4. The Bertz CT molecular complexity index is 234. The first-order valence-electron chi connectivity index (χ1n) is 2.72. The Kier molecular flexibility index (Phi) is 3.01. The van der Waals surface area contributed by atoms with Gasteiger partial charge in [-0.05, 0) is 0 Å². The summed E-state index contributed by atoms with van der Waals surface area (Å²) in [6, 6.07) is 0. The molecule has 0 fully saturated rings. The number of hydrogen-bond donors (Lipinski definition) is 1. The van der Waals surface area contributed by atoms with Gasteiger partial charge in [-0.1, -0.05) is 0 Å². The zero-order valence-electron chi connectivity index (χ0n) is 6.04. The smallest absolute Gasteiger partial charge is 0.362 e. The van der Waals surface area contributed by atoms with Crippen LogP contribution in [0, 0.1) is 0 Å². The lowest BCUT2D eigenvalue weighted by atomic mass is 10.5. The van der Waals surface area contributed by atoms with Crippen LogP contribution in [0.1, 0.15) is 0 Å². The van der Waals surface area contributed by atoms with Gasteiger partial charge in [0.25, 0.3) is 0 Å². The summed E-state index contributed by atoms with van der Waals surface area (Å²) in [5.74, 6) is -2.75. The lowest BCUT2D eigenvalue weighted by molar-refractivity contribution is -0.445. The van der Waals surface area contributed by atoms with Crippen molar-refractivity contribution < 1.29 is 40.3 Å². The van der Waals surface area contributed by atoms with Crippen LogP contribution in [-0.2, 0) is 9.53 Å². The molecule has 0 bridgehead atoms. The van der Waals surface area contributed by atoms with E-state index in [1.165, 1.54) is 0 Å². The quantitative estimate of drug-likeness (QED) is 0.740. The second kappa shape index (κ2) is 3.26. The highest BCUT2D eigenvalue weighted by Crippen LogP contribution is 2.40. The van der Waals surface area contributed by atoms with Crippen LogP contribution in [0.3, 0.4) is 0 Å². The number of halogens is 7. The number of hydrogen-bond acceptors (Lipinski definition) is 2. The van der Waals surface area contributed by atoms with Gasteiger partial charge in [0.1, 0.15) is 0 Å². The van der Waals surface area contributed by atoms with Gasteiger partial charge < -0.3 is 5.73 Å². The van der Waals surface area contributed by atoms with E-state index in [-0.39, 0.29) is 0 Å². The predicted molar refractivity (Wildman–Crippen MR) is 26.2 cm³/mol. The van der Waals surface area contributed by atoms with Crippen molar-refractivity contribution in [3.05, 3.63) is 0 Å². The third-order valence-electron chi connectivity index (χ3n) is 0.873. The van der Waals surface area contributed by atoms with E-state index in [4.69, 9.17) is 0 Å². The Hall–Kier alpha value is -1.06. The molecule has 14 heavy (non-hydrogen) atoms. The summed E-state index contributed by atoms with van der Waals surface area (Å²) in [6.07, 6.45) is -17.9. The van der Waals surface area contributed by atoms with E-state index in [9.17, 15) is 35.5 Å². The molecule has 0 saturated heterocycles. The number of nitrogens with two attached hydrogens (primary N) is 1. The van der Waals surface area contributed by atoms with Crippen LogP contribution in [-0.4, -0.2) is 24.3 Å². The monoisotopic (exact) mass is 229 g/mol. The molecule has 0 aliphatic carbocycles. The fourth-order valence-corrected chi connectivity index (χ4v) is 0.269. The predicted octanol–water partition coefficient (Wildman–Crippen LogP) is 1.24. The largest absolute Gasteiger partial charge is 0.483 e. The summed E-state index contributed by atoms with van der Waals surface area (Å²) in [4.78, 5) is 9.67. The SMILES string of the molecule is NC(=O)C(F)(F)OC(F)(F)C(F)(F)F. The molecule has 0 spiro atoms. The number of rotatable bonds is 3. The first-order valence-corrected chi connectivity index (χ1v) is 2.72. The second-order valence-corrected chi connectivity index (χ2v) is 2.00. The molecule has 0 rings (SSSR count). The molecule has 0 aliphatic heterocycles. The molecule has 0 saturated carbocycles. The minimum Gasteiger partial charge on any atom is -0.362 e. The minimum absolute atomic E-state index is 1.98. The maximum Gasteiger partial charge on any atom is 0.483 e. The topological polar surface area (TPSA) is 52.3 Å². The molecule has 0 unspecified atom stereocenters. The van der Waals surface area contributed by atoms with Crippen molar-refractivity contribution in [2.75, 3.05) is 0 Å². The highest BCUT2D eigenvalue weighted by Gasteiger charge is 2.65. The normalized spacial score (nSPS) is 14.2. The lowest BCUT2D eigenvalue weighted by Gasteiger charge is -2.22. The van der Waals surface area contributed by atoms with Crippen LogP contribution < -0.4 is 5.73 Å². The van der Waals surface area contributed by atoms with Crippen molar-refractivity contribution >= 4 is 5.91 Å². The maximum atomic E-state index is 11.9. The molecule has 3 nitrogen and oxygen atoms in total. The van der Waals surface area contributed by atoms with Crippen LogP contribution >= 0.6 is 0 Å². The maximum absolute atomic E-state index is 11.9. The van der Waals surface area contributed by atoms with Crippen LogP contribution in [0.5, 0.6) is 0 Å². The summed E-state index contributed by atoms with van der Waals surface area (Å²) in [5, 5.41) is 0. The Balaban J connectivity index is 4.76. The Morgan fingerprint density at radius 2 is 1.36 bits per heavy atom. The Morgan fingerprint density at radius 3 is 1.57 bits per heavy atom. The minimum atomic E-state index is -6.36. The molecule has 0 heterocycles. The fourth-order valence-electron chi connectivity index (χ4n) is 0.269. The van der Waals surface area contributed by atoms with E-state index in [0.717, 1.165) is 0 Å². The summed E-state index contributed by atoms with van der Waals surface area (Å²) < 4.78 is 83.1. The number of carbonyl (C=O) groups is 1. The molecule has 0 aromatic carbocycles. The summed E-state index contributed by atoms with van der Waals surface area (Å²) in [5.41, 5.74) is 3.81. The third-order valence-corrected chi connectivity index (χ3v) is 0.873. The van der Waals surface area contributed by atoms with Crippen LogP contribution in [0.25, 0.3) is 0 Å². The molecule has 10 heteroatoms. The first-order chi connectivity index (χ1) is 5.90. The standard InChI is InChI=1S/C4H2F7NO2/c5-2(6,1(12)13)14-4(10,11)3(7,8)9/h(H2,12,13). The van der Waals surface area contributed by atoms with E-state index in [1.807, 2.05) is 4.74 Å². The van der Waals surface area contributed by atoms with Crippen molar-refractivity contribution in [2.45, 2.75) is 18.4 Å². The van der Waals surface area contributed by atoms with Gasteiger partial charge in [0, 0.05) is 0 Å².